The largest absolute Gasteiger partial charge is 0.481 e. The number of carbonyl (C=O) groups is 2. The molecule has 0 heterocycles. The molecular weight excluding hydrogens is 188 g/mol. The zero-order valence-corrected chi connectivity index (χ0v) is 7.90. The molecule has 0 aromatic rings. The van der Waals surface area contributed by atoms with Gasteiger partial charge in [-0.3, -0.25) is 9.59 Å². The highest BCUT2D eigenvalue weighted by molar-refractivity contribution is 5.76. The van der Waals surface area contributed by atoms with E-state index in [-0.39, 0.29) is 19.4 Å². The molecule has 1 N–H and O–H groups in total. The zero-order valence-electron chi connectivity index (χ0n) is 7.90. The van der Waals surface area contributed by atoms with Gasteiger partial charge < -0.3 is 14.6 Å². The first kappa shape index (κ1) is 12.6. The second-order valence-electron chi connectivity index (χ2n) is 2.48. The smallest absolute Gasteiger partial charge is 0.306 e. The van der Waals surface area contributed by atoms with E-state index in [0.717, 1.165) is 0 Å². The summed E-state index contributed by atoms with van der Waals surface area (Å²) in [7, 11) is 0. The van der Waals surface area contributed by atoms with E-state index in [1.807, 2.05) is 0 Å². The molecule has 0 aliphatic heterocycles. The van der Waals surface area contributed by atoms with Gasteiger partial charge in [0.25, 0.3) is 0 Å². The van der Waals surface area contributed by atoms with E-state index in [4.69, 9.17) is 9.84 Å². The summed E-state index contributed by atoms with van der Waals surface area (Å²) in [5.74, 6) is -1.53. The number of rotatable bonds is 8. The SMILES string of the molecule is C=CCOCCOC(=O)CCC(=O)O. The molecule has 0 amide bonds. The number of carboxylic acids is 1. The Morgan fingerprint density at radius 1 is 1.29 bits per heavy atom. The fourth-order valence-corrected chi connectivity index (χ4v) is 0.662. The topological polar surface area (TPSA) is 72.8 Å². The van der Waals surface area contributed by atoms with Crippen LogP contribution in [-0.2, 0) is 19.1 Å². The van der Waals surface area contributed by atoms with Crippen LogP contribution in [-0.4, -0.2) is 36.9 Å². The fourth-order valence-electron chi connectivity index (χ4n) is 0.662. The number of esters is 1. The first-order valence-corrected chi connectivity index (χ1v) is 4.23. The fraction of sp³-hybridized carbons (Fsp3) is 0.556. The summed E-state index contributed by atoms with van der Waals surface area (Å²) in [6.07, 6.45) is 1.29. The second-order valence-corrected chi connectivity index (χ2v) is 2.48. The van der Waals surface area contributed by atoms with E-state index in [9.17, 15) is 9.59 Å². The lowest BCUT2D eigenvalue weighted by Crippen LogP contribution is -2.11. The molecule has 0 spiro atoms. The van der Waals surface area contributed by atoms with E-state index in [1.54, 1.807) is 6.08 Å². The zero-order chi connectivity index (χ0) is 10.8. The number of hydrogen-bond donors (Lipinski definition) is 1. The van der Waals surface area contributed by atoms with E-state index in [0.29, 0.717) is 13.2 Å². The van der Waals surface area contributed by atoms with Crippen LogP contribution in [0.25, 0.3) is 0 Å². The van der Waals surface area contributed by atoms with Crippen LogP contribution in [0.5, 0.6) is 0 Å². The predicted octanol–water partition coefficient (Wildman–Crippen LogP) is 0.597. The van der Waals surface area contributed by atoms with Crippen LogP contribution in [0.4, 0.5) is 0 Å². The number of carbonyl (C=O) groups excluding carboxylic acids is 1. The van der Waals surface area contributed by atoms with Crippen molar-refractivity contribution in [3.8, 4) is 0 Å². The number of aliphatic carboxylic acids is 1. The Morgan fingerprint density at radius 3 is 2.57 bits per heavy atom. The lowest BCUT2D eigenvalue weighted by atomic mass is 10.3. The minimum Gasteiger partial charge on any atom is -0.481 e. The average Bonchev–Trinajstić information content (AvgIpc) is 2.14. The molecule has 0 saturated heterocycles. The molecule has 5 heteroatoms. The molecule has 0 bridgehead atoms. The van der Waals surface area contributed by atoms with E-state index in [2.05, 4.69) is 11.3 Å². The third-order valence-corrected chi connectivity index (χ3v) is 1.27. The molecule has 0 aliphatic rings. The van der Waals surface area contributed by atoms with E-state index in [1.165, 1.54) is 0 Å². The number of hydrogen-bond acceptors (Lipinski definition) is 4. The van der Waals surface area contributed by atoms with Crippen LogP contribution < -0.4 is 0 Å². The Bertz CT molecular complexity index is 199. The summed E-state index contributed by atoms with van der Waals surface area (Å²) >= 11 is 0. The van der Waals surface area contributed by atoms with Crippen LogP contribution in [0, 0.1) is 0 Å². The summed E-state index contributed by atoms with van der Waals surface area (Å²) in [6, 6.07) is 0. The van der Waals surface area contributed by atoms with Crippen LogP contribution in [0.1, 0.15) is 12.8 Å². The van der Waals surface area contributed by atoms with Crippen molar-refractivity contribution in [1.29, 1.82) is 0 Å². The standard InChI is InChI=1S/C9H14O5/c1-2-5-13-6-7-14-9(12)4-3-8(10)11/h2H,1,3-7H2,(H,10,11). The summed E-state index contributed by atoms with van der Waals surface area (Å²) < 4.78 is 9.62. The van der Waals surface area contributed by atoms with Gasteiger partial charge in [-0.25, -0.2) is 0 Å². The van der Waals surface area contributed by atoms with Gasteiger partial charge in [0.2, 0.25) is 0 Å². The van der Waals surface area contributed by atoms with Crippen LogP contribution >= 0.6 is 0 Å². The molecule has 0 saturated carbocycles. The first-order valence-electron chi connectivity index (χ1n) is 4.23. The molecule has 5 nitrogen and oxygen atoms in total. The van der Waals surface area contributed by atoms with Gasteiger partial charge in [-0.05, 0) is 0 Å². The van der Waals surface area contributed by atoms with Gasteiger partial charge in [-0.15, -0.1) is 6.58 Å². The molecule has 0 unspecified atom stereocenters. The molecule has 0 rings (SSSR count). The molecule has 0 radical (unpaired) electrons. The molecule has 14 heavy (non-hydrogen) atoms. The highest BCUT2D eigenvalue weighted by Crippen LogP contribution is 1.92. The maximum atomic E-state index is 10.8. The minimum atomic E-state index is -1.01. The van der Waals surface area contributed by atoms with Gasteiger partial charge in [0.05, 0.1) is 26.1 Å². The number of carboxylic acid groups (broad SMARTS) is 1. The van der Waals surface area contributed by atoms with Gasteiger partial charge in [0.15, 0.2) is 0 Å². The van der Waals surface area contributed by atoms with Crippen LogP contribution in [0.15, 0.2) is 12.7 Å². The summed E-state index contributed by atoms with van der Waals surface area (Å²) in [5.41, 5.74) is 0. The van der Waals surface area contributed by atoms with Gasteiger partial charge in [0, 0.05) is 0 Å². The Morgan fingerprint density at radius 2 is 2.00 bits per heavy atom. The molecule has 0 aromatic carbocycles. The average molecular weight is 202 g/mol. The highest BCUT2D eigenvalue weighted by Gasteiger charge is 2.05. The van der Waals surface area contributed by atoms with Crippen LogP contribution in [0.3, 0.4) is 0 Å². The molecule has 0 aliphatic carbocycles. The van der Waals surface area contributed by atoms with Crippen molar-refractivity contribution in [2.45, 2.75) is 12.8 Å². The first-order chi connectivity index (χ1) is 6.66. The van der Waals surface area contributed by atoms with Crippen molar-refractivity contribution >= 4 is 11.9 Å². The highest BCUT2D eigenvalue weighted by atomic mass is 16.6. The third kappa shape index (κ3) is 8.73. The maximum Gasteiger partial charge on any atom is 0.306 e. The summed E-state index contributed by atoms with van der Waals surface area (Å²) in [5, 5.41) is 8.26. The second kappa shape index (κ2) is 8.25. The van der Waals surface area contributed by atoms with Gasteiger partial charge in [-0.1, -0.05) is 6.08 Å². The maximum absolute atomic E-state index is 10.8. The molecule has 0 aromatic heterocycles. The Kier molecular flexibility index (Phi) is 7.45. The van der Waals surface area contributed by atoms with E-state index >= 15 is 0 Å². The van der Waals surface area contributed by atoms with Crippen molar-refractivity contribution in [2.75, 3.05) is 19.8 Å². The lowest BCUT2D eigenvalue weighted by Gasteiger charge is -2.03. The van der Waals surface area contributed by atoms with Crippen LogP contribution in [0.2, 0.25) is 0 Å². The predicted molar refractivity (Wildman–Crippen MR) is 48.8 cm³/mol. The lowest BCUT2D eigenvalue weighted by molar-refractivity contribution is -0.148. The molecule has 0 fully saturated rings. The van der Waals surface area contributed by atoms with Crippen molar-refractivity contribution in [1.82, 2.24) is 0 Å². The quantitative estimate of drug-likeness (QED) is 0.354. The van der Waals surface area contributed by atoms with Gasteiger partial charge in [0.1, 0.15) is 6.61 Å². The van der Waals surface area contributed by atoms with E-state index < -0.39 is 11.9 Å². The minimum absolute atomic E-state index is 0.100. The Hall–Kier alpha value is -1.36. The van der Waals surface area contributed by atoms with Crippen molar-refractivity contribution < 1.29 is 24.2 Å². The molecule has 80 valence electrons. The summed E-state index contributed by atoms with van der Waals surface area (Å²) in [4.78, 5) is 20.9. The summed E-state index contributed by atoms with van der Waals surface area (Å²) in [6.45, 7) is 4.30. The van der Waals surface area contributed by atoms with Gasteiger partial charge in [-0.2, -0.15) is 0 Å². The van der Waals surface area contributed by atoms with Crippen molar-refractivity contribution in [2.24, 2.45) is 0 Å². The molecular formula is C9H14O5. The number of ether oxygens (including phenoxy) is 2. The Balaban J connectivity index is 3.26. The third-order valence-electron chi connectivity index (χ3n) is 1.27. The van der Waals surface area contributed by atoms with Crippen molar-refractivity contribution in [3.63, 3.8) is 0 Å². The van der Waals surface area contributed by atoms with Crippen molar-refractivity contribution in [3.05, 3.63) is 12.7 Å². The molecule has 0 atom stereocenters. The Labute approximate surface area is 82.3 Å². The normalized spacial score (nSPS) is 9.43. The monoisotopic (exact) mass is 202 g/mol. The van der Waals surface area contributed by atoms with Gasteiger partial charge >= 0.3 is 11.9 Å².